The summed E-state index contributed by atoms with van der Waals surface area (Å²) in [4.78, 5) is 21.4. The summed E-state index contributed by atoms with van der Waals surface area (Å²) in [5, 5.41) is 16.8. The van der Waals surface area contributed by atoms with E-state index in [4.69, 9.17) is 9.40 Å². The van der Waals surface area contributed by atoms with Crippen molar-refractivity contribution in [3.63, 3.8) is 0 Å². The average Bonchev–Trinajstić information content (AvgIpc) is 3.50. The van der Waals surface area contributed by atoms with Crippen LogP contribution in [-0.4, -0.2) is 20.9 Å². The van der Waals surface area contributed by atoms with Gasteiger partial charge in [-0.3, -0.25) is 9.78 Å². The predicted molar refractivity (Wildman–Crippen MR) is 200 cm³/mol. The third kappa shape index (κ3) is 7.66. The van der Waals surface area contributed by atoms with Gasteiger partial charge < -0.3 is 9.52 Å². The molecule has 4 aromatic carbocycles. The smallest absolute Gasteiger partial charge is 0.223 e. The van der Waals surface area contributed by atoms with Crippen LogP contribution in [0.3, 0.4) is 0 Å². The van der Waals surface area contributed by atoms with Crippen molar-refractivity contribution < 1.29 is 34.4 Å². The molecule has 6 rings (SSSR count). The maximum Gasteiger partial charge on any atom is 0.223 e. The summed E-state index contributed by atoms with van der Waals surface area (Å²) in [5.74, 6) is 0.844. The van der Waals surface area contributed by atoms with Crippen LogP contribution < -0.4 is 0 Å². The van der Waals surface area contributed by atoms with Crippen LogP contribution in [0.1, 0.15) is 86.6 Å². The van der Waals surface area contributed by atoms with E-state index in [1.165, 1.54) is 22.4 Å². The van der Waals surface area contributed by atoms with E-state index in [1.54, 1.807) is 6.33 Å². The molecule has 259 valence electrons. The molecule has 0 amide bonds. The van der Waals surface area contributed by atoms with Gasteiger partial charge in [-0.15, -0.1) is 29.1 Å². The number of carbonyl (C=O) groups excluding carboxylic acids is 1. The Morgan fingerprint density at radius 3 is 2.14 bits per heavy atom. The molecule has 0 aliphatic carbocycles. The fourth-order valence-corrected chi connectivity index (χ4v) is 6.30. The molecule has 5 nitrogen and oxygen atoms in total. The van der Waals surface area contributed by atoms with E-state index in [1.807, 2.05) is 47.6 Å². The molecule has 0 atom stereocenters. The van der Waals surface area contributed by atoms with Crippen LogP contribution in [0.15, 0.2) is 89.3 Å². The van der Waals surface area contributed by atoms with Crippen LogP contribution in [0.4, 0.5) is 0 Å². The topological polar surface area (TPSA) is 76.2 Å². The first-order valence-corrected chi connectivity index (χ1v) is 17.4. The molecular formula is C43H49IrN2O3-. The number of hydrogen-bond donors (Lipinski definition) is 1. The third-order valence-corrected chi connectivity index (χ3v) is 10.5. The number of benzene rings is 4. The van der Waals surface area contributed by atoms with Crippen molar-refractivity contribution in [2.75, 3.05) is 0 Å². The van der Waals surface area contributed by atoms with Gasteiger partial charge in [-0.25, -0.2) is 4.98 Å². The van der Waals surface area contributed by atoms with Crippen molar-refractivity contribution in [1.82, 2.24) is 9.97 Å². The minimum absolute atomic E-state index is 0. The second-order valence-electron chi connectivity index (χ2n) is 13.9. The van der Waals surface area contributed by atoms with Gasteiger partial charge in [0, 0.05) is 53.5 Å². The molecule has 0 unspecified atom stereocenters. The van der Waals surface area contributed by atoms with E-state index >= 15 is 0 Å². The third-order valence-electron chi connectivity index (χ3n) is 10.5. The number of allylic oxidation sites excluding steroid dienone is 2. The standard InChI is InChI=1S/C28H21N2O.C15H28O2.Ir/c1-17(2)13-20-15-21(14-19-8-4-5-9-22(19)20)27-26-25-23-10-6-3-7-18(23)11-12-24(25)31-28(26)30-16-29-27;1-7-14(5,8-2)12(16)11-13(17)15(6,9-3)10-4;/h3-12,15-17H,13H2,1-2H3;11,16H,7-10H2,1-6H3;/q-1;;/b;12-11-;. The number of hydrogen-bond acceptors (Lipinski definition) is 5. The van der Waals surface area contributed by atoms with Crippen LogP contribution >= 0.6 is 0 Å². The largest absolute Gasteiger partial charge is 0.512 e. The molecule has 0 aliphatic rings. The van der Waals surface area contributed by atoms with E-state index in [-0.39, 0.29) is 42.5 Å². The van der Waals surface area contributed by atoms with Crippen molar-refractivity contribution in [3.8, 4) is 11.3 Å². The number of ketones is 1. The Bertz CT molecular complexity index is 2100. The molecule has 6 heteroatoms. The summed E-state index contributed by atoms with van der Waals surface area (Å²) in [6.07, 6.45) is 7.35. The van der Waals surface area contributed by atoms with Crippen molar-refractivity contribution in [2.24, 2.45) is 16.7 Å². The van der Waals surface area contributed by atoms with Crippen LogP contribution in [0.5, 0.6) is 0 Å². The van der Waals surface area contributed by atoms with Crippen molar-refractivity contribution in [2.45, 2.75) is 87.5 Å². The Labute approximate surface area is 304 Å². The summed E-state index contributed by atoms with van der Waals surface area (Å²) in [7, 11) is 0. The monoisotopic (exact) mass is 834 g/mol. The van der Waals surface area contributed by atoms with Gasteiger partial charge in [-0.1, -0.05) is 115 Å². The number of aliphatic hydroxyl groups is 1. The first kappa shape index (κ1) is 37.9. The molecule has 6 aromatic rings. The van der Waals surface area contributed by atoms with Gasteiger partial charge in [-0.05, 0) is 54.9 Å². The van der Waals surface area contributed by atoms with Gasteiger partial charge in [0.1, 0.15) is 17.7 Å². The Morgan fingerprint density at radius 1 is 0.857 bits per heavy atom. The van der Waals surface area contributed by atoms with Crippen LogP contribution in [-0.2, 0) is 31.3 Å². The molecule has 2 aromatic heterocycles. The van der Waals surface area contributed by atoms with Gasteiger partial charge >= 0.3 is 0 Å². The second kappa shape index (κ2) is 15.8. The molecule has 1 N–H and O–H groups in total. The minimum atomic E-state index is -0.337. The average molecular weight is 834 g/mol. The Morgan fingerprint density at radius 2 is 1.49 bits per heavy atom. The van der Waals surface area contributed by atoms with Gasteiger partial charge in [0.15, 0.2) is 5.78 Å². The maximum absolute atomic E-state index is 12.2. The summed E-state index contributed by atoms with van der Waals surface area (Å²) < 4.78 is 6.14. The van der Waals surface area contributed by atoms with Gasteiger partial charge in [0.2, 0.25) is 5.71 Å². The Balaban J connectivity index is 0.000000260. The van der Waals surface area contributed by atoms with Crippen molar-refractivity contribution >= 4 is 49.4 Å². The summed E-state index contributed by atoms with van der Waals surface area (Å²) in [5.41, 5.74) is 4.02. The molecule has 0 bridgehead atoms. The number of carbonyl (C=O) groups is 1. The quantitative estimate of drug-likeness (QED) is 0.0845. The molecule has 1 radical (unpaired) electrons. The Hall–Kier alpha value is -3.86. The molecule has 0 saturated heterocycles. The second-order valence-corrected chi connectivity index (χ2v) is 13.9. The maximum atomic E-state index is 12.2. The number of rotatable bonds is 10. The first-order chi connectivity index (χ1) is 23.0. The zero-order valence-electron chi connectivity index (χ0n) is 30.1. The zero-order chi connectivity index (χ0) is 34.6. The fourth-order valence-electron chi connectivity index (χ4n) is 6.30. The van der Waals surface area contributed by atoms with Crippen molar-refractivity contribution in [1.29, 1.82) is 0 Å². The predicted octanol–water partition coefficient (Wildman–Crippen LogP) is 12.0. The molecule has 0 saturated carbocycles. The van der Waals surface area contributed by atoms with E-state index in [2.05, 4.69) is 85.6 Å². The van der Waals surface area contributed by atoms with Crippen LogP contribution in [0.25, 0.3) is 54.9 Å². The number of aliphatic hydroxyl groups excluding tert-OH is 1. The first-order valence-electron chi connectivity index (χ1n) is 17.4. The van der Waals surface area contributed by atoms with E-state index < -0.39 is 0 Å². The van der Waals surface area contributed by atoms with E-state index in [0.717, 1.165) is 70.5 Å². The number of fused-ring (bicyclic) bond motifs is 6. The van der Waals surface area contributed by atoms with Crippen LogP contribution in [0, 0.1) is 22.8 Å². The van der Waals surface area contributed by atoms with Gasteiger partial charge in [-0.2, -0.15) is 0 Å². The normalized spacial score (nSPS) is 12.4. The fraction of sp³-hybridized carbons (Fsp3) is 0.372. The minimum Gasteiger partial charge on any atom is -0.512 e. The van der Waals surface area contributed by atoms with Gasteiger partial charge in [0.25, 0.3) is 0 Å². The molecule has 0 aliphatic heterocycles. The molecule has 2 heterocycles. The SMILES string of the molecule is CC(C)Cc1cc(-c2ncnc3oc4ccc5ccccc5c4c23)[c-]c2ccccc12.CCC(C)(CC)C(=O)/C=C(\O)C(C)(CC)CC.[Ir]. The Kier molecular flexibility index (Phi) is 12.2. The van der Waals surface area contributed by atoms with E-state index in [0.29, 0.717) is 11.6 Å². The van der Waals surface area contributed by atoms with Gasteiger partial charge in [0.05, 0.1) is 0 Å². The van der Waals surface area contributed by atoms with Crippen LogP contribution in [0.2, 0.25) is 0 Å². The number of aromatic nitrogens is 2. The molecular weight excluding hydrogens is 785 g/mol. The summed E-state index contributed by atoms with van der Waals surface area (Å²) >= 11 is 0. The number of nitrogens with zero attached hydrogens (tertiary/aromatic N) is 2. The summed E-state index contributed by atoms with van der Waals surface area (Å²) in [6.45, 7) is 16.6. The molecule has 0 fully saturated rings. The molecule has 0 spiro atoms. The number of furan rings is 1. The molecule has 49 heavy (non-hydrogen) atoms. The van der Waals surface area contributed by atoms with E-state index in [9.17, 15) is 9.90 Å². The van der Waals surface area contributed by atoms with Crippen molar-refractivity contribution in [3.05, 3.63) is 96.5 Å². The zero-order valence-corrected chi connectivity index (χ0v) is 32.5. The summed E-state index contributed by atoms with van der Waals surface area (Å²) in [6, 6.07) is 26.8.